The van der Waals surface area contributed by atoms with Crippen LogP contribution in [0.5, 0.6) is 0 Å². The molecule has 3 heterocycles. The maximum absolute atomic E-state index is 13.1. The van der Waals surface area contributed by atoms with E-state index in [4.69, 9.17) is 8.83 Å². The topological polar surface area (TPSA) is 76.4 Å². The SMILES string of the molecule is Cc1cc(C)n(-c2ccccc2NC(=O)N(Cc2ccco2)Cc2ccco2)n1. The summed E-state index contributed by atoms with van der Waals surface area (Å²) in [5.41, 5.74) is 3.39. The Morgan fingerprint density at radius 1 is 1.00 bits per heavy atom. The molecule has 0 radical (unpaired) electrons. The Morgan fingerprint density at radius 2 is 1.66 bits per heavy atom. The van der Waals surface area contributed by atoms with Gasteiger partial charge in [0.1, 0.15) is 11.5 Å². The summed E-state index contributed by atoms with van der Waals surface area (Å²) in [6, 6.07) is 16.6. The van der Waals surface area contributed by atoms with Gasteiger partial charge in [-0.25, -0.2) is 9.48 Å². The fraction of sp³-hybridized carbons (Fsp3) is 0.182. The van der Waals surface area contributed by atoms with Crippen LogP contribution in [0.4, 0.5) is 10.5 Å². The van der Waals surface area contributed by atoms with Crippen LogP contribution in [-0.4, -0.2) is 20.7 Å². The zero-order valence-electron chi connectivity index (χ0n) is 16.3. The van der Waals surface area contributed by atoms with Crippen molar-refractivity contribution in [2.45, 2.75) is 26.9 Å². The predicted octanol–water partition coefficient (Wildman–Crippen LogP) is 4.91. The second kappa shape index (κ2) is 8.10. The van der Waals surface area contributed by atoms with E-state index < -0.39 is 0 Å². The van der Waals surface area contributed by atoms with Gasteiger partial charge in [0.25, 0.3) is 0 Å². The Balaban J connectivity index is 1.60. The molecule has 0 atom stereocenters. The minimum absolute atomic E-state index is 0.258. The van der Waals surface area contributed by atoms with Crippen molar-refractivity contribution >= 4 is 11.7 Å². The number of furan rings is 2. The minimum atomic E-state index is -0.258. The van der Waals surface area contributed by atoms with Gasteiger partial charge in [-0.2, -0.15) is 5.10 Å². The number of carbonyl (C=O) groups is 1. The fourth-order valence-corrected chi connectivity index (χ4v) is 3.21. The first-order chi connectivity index (χ1) is 14.1. The highest BCUT2D eigenvalue weighted by Gasteiger charge is 2.19. The largest absolute Gasteiger partial charge is 0.467 e. The molecule has 2 amide bonds. The number of para-hydroxylation sites is 2. The number of rotatable bonds is 6. The molecule has 7 nitrogen and oxygen atoms in total. The summed E-state index contributed by atoms with van der Waals surface area (Å²) in [7, 11) is 0. The van der Waals surface area contributed by atoms with Crippen LogP contribution >= 0.6 is 0 Å². The van der Waals surface area contributed by atoms with Gasteiger partial charge in [-0.15, -0.1) is 0 Å². The molecule has 0 bridgehead atoms. The lowest BCUT2D eigenvalue weighted by atomic mass is 10.2. The maximum atomic E-state index is 13.1. The van der Waals surface area contributed by atoms with Crippen LogP contribution in [0.3, 0.4) is 0 Å². The van der Waals surface area contributed by atoms with E-state index in [1.54, 1.807) is 29.6 Å². The van der Waals surface area contributed by atoms with Crippen LogP contribution in [0.2, 0.25) is 0 Å². The van der Waals surface area contributed by atoms with Crippen molar-refractivity contribution in [2.24, 2.45) is 0 Å². The van der Waals surface area contributed by atoms with Gasteiger partial charge in [-0.05, 0) is 56.3 Å². The molecule has 0 aliphatic rings. The highest BCUT2D eigenvalue weighted by Crippen LogP contribution is 2.23. The van der Waals surface area contributed by atoms with Crippen molar-refractivity contribution in [3.8, 4) is 5.69 Å². The summed E-state index contributed by atoms with van der Waals surface area (Å²) in [6.45, 7) is 4.57. The number of nitrogens with one attached hydrogen (secondary N) is 1. The number of benzene rings is 1. The first-order valence-corrected chi connectivity index (χ1v) is 9.33. The van der Waals surface area contributed by atoms with Gasteiger partial charge < -0.3 is 19.1 Å². The molecule has 29 heavy (non-hydrogen) atoms. The summed E-state index contributed by atoms with van der Waals surface area (Å²) >= 11 is 0. The molecule has 0 aliphatic carbocycles. The highest BCUT2D eigenvalue weighted by atomic mass is 16.3. The van der Waals surface area contributed by atoms with Gasteiger partial charge in [0.15, 0.2) is 0 Å². The Labute approximate surface area is 168 Å². The van der Waals surface area contributed by atoms with Gasteiger partial charge >= 0.3 is 6.03 Å². The van der Waals surface area contributed by atoms with E-state index in [-0.39, 0.29) is 6.03 Å². The maximum Gasteiger partial charge on any atom is 0.322 e. The van der Waals surface area contributed by atoms with Crippen molar-refractivity contribution in [3.05, 3.63) is 90.0 Å². The molecule has 1 aromatic carbocycles. The number of carbonyl (C=O) groups excluding carboxylic acids is 1. The molecular formula is C22H22N4O3. The molecule has 0 saturated heterocycles. The monoisotopic (exact) mass is 390 g/mol. The quantitative estimate of drug-likeness (QED) is 0.507. The van der Waals surface area contributed by atoms with Crippen LogP contribution < -0.4 is 5.32 Å². The van der Waals surface area contributed by atoms with Gasteiger partial charge in [-0.3, -0.25) is 0 Å². The summed E-state index contributed by atoms with van der Waals surface area (Å²) in [4.78, 5) is 14.8. The molecule has 0 fully saturated rings. The molecule has 0 aliphatic heterocycles. The number of anilines is 1. The summed E-state index contributed by atoms with van der Waals surface area (Å²) in [5, 5.41) is 7.55. The average molecular weight is 390 g/mol. The lowest BCUT2D eigenvalue weighted by molar-refractivity contribution is 0.195. The van der Waals surface area contributed by atoms with Crippen molar-refractivity contribution in [1.82, 2.24) is 14.7 Å². The van der Waals surface area contributed by atoms with E-state index in [9.17, 15) is 4.79 Å². The normalized spacial score (nSPS) is 10.8. The van der Waals surface area contributed by atoms with Crippen molar-refractivity contribution in [2.75, 3.05) is 5.32 Å². The number of nitrogens with zero attached hydrogens (tertiary/aromatic N) is 3. The Morgan fingerprint density at radius 3 is 2.21 bits per heavy atom. The molecular weight excluding hydrogens is 368 g/mol. The average Bonchev–Trinajstić information content (AvgIpc) is 3.45. The molecule has 7 heteroatoms. The number of aromatic nitrogens is 2. The Bertz CT molecular complexity index is 1050. The summed E-state index contributed by atoms with van der Waals surface area (Å²) in [5.74, 6) is 1.39. The Kier molecular flexibility index (Phi) is 5.20. The number of hydrogen-bond donors (Lipinski definition) is 1. The van der Waals surface area contributed by atoms with E-state index in [0.717, 1.165) is 17.1 Å². The lowest BCUT2D eigenvalue weighted by Crippen LogP contribution is -2.34. The third-order valence-electron chi connectivity index (χ3n) is 4.52. The van der Waals surface area contributed by atoms with E-state index in [2.05, 4.69) is 10.4 Å². The molecule has 3 aromatic heterocycles. The van der Waals surface area contributed by atoms with E-state index >= 15 is 0 Å². The Hall–Kier alpha value is -3.74. The fourth-order valence-electron chi connectivity index (χ4n) is 3.21. The van der Waals surface area contributed by atoms with Crippen LogP contribution in [0.25, 0.3) is 5.69 Å². The molecule has 0 saturated carbocycles. The molecule has 0 spiro atoms. The molecule has 148 valence electrons. The van der Waals surface area contributed by atoms with Crippen LogP contribution in [0, 0.1) is 13.8 Å². The number of aryl methyl sites for hydroxylation is 2. The smallest absolute Gasteiger partial charge is 0.322 e. The first kappa shape index (κ1) is 18.6. The highest BCUT2D eigenvalue weighted by molar-refractivity contribution is 5.91. The second-order valence-corrected chi connectivity index (χ2v) is 6.80. The molecule has 4 rings (SSSR count). The van der Waals surface area contributed by atoms with E-state index in [1.165, 1.54) is 0 Å². The molecule has 0 unspecified atom stereocenters. The second-order valence-electron chi connectivity index (χ2n) is 6.80. The van der Waals surface area contributed by atoms with Crippen molar-refractivity contribution in [3.63, 3.8) is 0 Å². The summed E-state index contributed by atoms with van der Waals surface area (Å²) in [6.07, 6.45) is 3.19. The van der Waals surface area contributed by atoms with Crippen LogP contribution in [0.1, 0.15) is 22.9 Å². The number of urea groups is 1. The van der Waals surface area contributed by atoms with Crippen molar-refractivity contribution < 1.29 is 13.6 Å². The zero-order valence-corrected chi connectivity index (χ0v) is 16.3. The molecule has 4 aromatic rings. The molecule has 1 N–H and O–H groups in total. The van der Waals surface area contributed by atoms with Gasteiger partial charge in [-0.1, -0.05) is 12.1 Å². The standard InChI is InChI=1S/C22H22N4O3/c1-16-13-17(2)26(24-16)21-10-4-3-9-20(21)23-22(27)25(14-18-7-5-11-28-18)15-19-8-6-12-29-19/h3-13H,14-15H2,1-2H3,(H,23,27). The predicted molar refractivity (Wildman–Crippen MR) is 109 cm³/mol. The third kappa shape index (κ3) is 4.24. The zero-order chi connectivity index (χ0) is 20.2. The minimum Gasteiger partial charge on any atom is -0.467 e. The third-order valence-corrected chi connectivity index (χ3v) is 4.52. The number of hydrogen-bond acceptors (Lipinski definition) is 4. The van der Waals surface area contributed by atoms with Gasteiger partial charge in [0.2, 0.25) is 0 Å². The van der Waals surface area contributed by atoms with Crippen LogP contribution in [-0.2, 0) is 13.1 Å². The lowest BCUT2D eigenvalue weighted by Gasteiger charge is -2.22. The van der Waals surface area contributed by atoms with Gasteiger partial charge in [0, 0.05) is 5.69 Å². The summed E-state index contributed by atoms with van der Waals surface area (Å²) < 4.78 is 12.7. The van der Waals surface area contributed by atoms with Gasteiger partial charge in [0.05, 0.1) is 42.7 Å². The van der Waals surface area contributed by atoms with Crippen LogP contribution in [0.15, 0.2) is 76.0 Å². The van der Waals surface area contributed by atoms with E-state index in [1.807, 2.05) is 61.0 Å². The first-order valence-electron chi connectivity index (χ1n) is 9.33. The number of amides is 2. The van der Waals surface area contributed by atoms with E-state index in [0.29, 0.717) is 30.3 Å². The van der Waals surface area contributed by atoms with Crippen molar-refractivity contribution in [1.29, 1.82) is 0 Å².